The van der Waals surface area contributed by atoms with E-state index in [0.29, 0.717) is 11.8 Å². The molecule has 1 aromatic carbocycles. The summed E-state index contributed by atoms with van der Waals surface area (Å²) >= 11 is 0. The van der Waals surface area contributed by atoms with Gasteiger partial charge >= 0.3 is 5.97 Å². The molecule has 1 aliphatic heterocycles. The van der Waals surface area contributed by atoms with Crippen LogP contribution in [0.4, 0.5) is 0 Å². The zero-order valence-electron chi connectivity index (χ0n) is 9.11. The first-order valence-corrected chi connectivity index (χ1v) is 6.17. The molecule has 1 aromatic rings. The second kappa shape index (κ2) is 2.68. The van der Waals surface area contributed by atoms with Crippen LogP contribution in [0.25, 0.3) is 0 Å². The number of hydrogen-bond acceptors (Lipinski definition) is 2. The summed E-state index contributed by atoms with van der Waals surface area (Å²) in [6, 6.07) is 7.92. The SMILES string of the molecule is O=C1OC2(c3ccccc31)C1CCCCC12. The Morgan fingerprint density at radius 1 is 1.12 bits per heavy atom. The normalized spacial score (nSPS) is 39.1. The Bertz CT molecular complexity index is 465. The van der Waals surface area contributed by atoms with Gasteiger partial charge in [-0.2, -0.15) is 0 Å². The lowest BCUT2D eigenvalue weighted by Crippen LogP contribution is -2.10. The third-order valence-corrected chi connectivity index (χ3v) is 4.59. The van der Waals surface area contributed by atoms with E-state index in [0.717, 1.165) is 11.1 Å². The molecule has 82 valence electrons. The summed E-state index contributed by atoms with van der Waals surface area (Å²) in [5, 5.41) is 0. The van der Waals surface area contributed by atoms with Gasteiger partial charge in [-0.15, -0.1) is 0 Å². The number of rotatable bonds is 0. The Kier molecular flexibility index (Phi) is 1.47. The van der Waals surface area contributed by atoms with E-state index >= 15 is 0 Å². The third-order valence-electron chi connectivity index (χ3n) is 4.59. The van der Waals surface area contributed by atoms with Crippen LogP contribution < -0.4 is 0 Å². The van der Waals surface area contributed by atoms with E-state index in [1.165, 1.54) is 25.7 Å². The fourth-order valence-corrected chi connectivity index (χ4v) is 3.88. The second-order valence-electron chi connectivity index (χ2n) is 5.23. The fraction of sp³-hybridized carbons (Fsp3) is 0.500. The van der Waals surface area contributed by atoms with Gasteiger partial charge in [0.25, 0.3) is 0 Å². The highest BCUT2D eigenvalue weighted by Crippen LogP contribution is 2.69. The third kappa shape index (κ3) is 0.831. The van der Waals surface area contributed by atoms with Crippen molar-refractivity contribution in [3.63, 3.8) is 0 Å². The van der Waals surface area contributed by atoms with Gasteiger partial charge in [0.2, 0.25) is 0 Å². The van der Waals surface area contributed by atoms with Crippen LogP contribution >= 0.6 is 0 Å². The molecule has 3 aliphatic rings. The van der Waals surface area contributed by atoms with Gasteiger partial charge in [-0.05, 0) is 18.9 Å². The van der Waals surface area contributed by atoms with Crippen LogP contribution in [-0.4, -0.2) is 5.97 Å². The van der Waals surface area contributed by atoms with Crippen molar-refractivity contribution in [3.05, 3.63) is 35.4 Å². The quantitative estimate of drug-likeness (QED) is 0.621. The van der Waals surface area contributed by atoms with E-state index < -0.39 is 0 Å². The molecular weight excluding hydrogens is 200 g/mol. The van der Waals surface area contributed by atoms with Crippen molar-refractivity contribution in [3.8, 4) is 0 Å². The van der Waals surface area contributed by atoms with Crippen molar-refractivity contribution in [1.82, 2.24) is 0 Å². The molecule has 0 N–H and O–H groups in total. The van der Waals surface area contributed by atoms with E-state index in [2.05, 4.69) is 6.07 Å². The second-order valence-corrected chi connectivity index (χ2v) is 5.23. The van der Waals surface area contributed by atoms with Crippen LogP contribution in [0.15, 0.2) is 24.3 Å². The first-order chi connectivity index (χ1) is 7.84. The maximum atomic E-state index is 11.8. The number of carbonyl (C=O) groups excluding carboxylic acids is 1. The van der Waals surface area contributed by atoms with Crippen molar-refractivity contribution in [2.45, 2.75) is 31.3 Å². The van der Waals surface area contributed by atoms with E-state index in [1.807, 2.05) is 18.2 Å². The molecule has 0 radical (unpaired) electrons. The summed E-state index contributed by atoms with van der Waals surface area (Å²) < 4.78 is 5.74. The zero-order chi connectivity index (χ0) is 10.8. The topological polar surface area (TPSA) is 26.3 Å². The van der Waals surface area contributed by atoms with Gasteiger partial charge in [-0.3, -0.25) is 0 Å². The monoisotopic (exact) mass is 214 g/mol. The molecule has 2 nitrogen and oxygen atoms in total. The molecule has 0 saturated heterocycles. The molecule has 2 unspecified atom stereocenters. The zero-order valence-corrected chi connectivity index (χ0v) is 9.11. The predicted molar refractivity (Wildman–Crippen MR) is 59.0 cm³/mol. The lowest BCUT2D eigenvalue weighted by molar-refractivity contribution is 0.0231. The first kappa shape index (κ1) is 8.80. The van der Waals surface area contributed by atoms with Gasteiger partial charge in [0.15, 0.2) is 0 Å². The van der Waals surface area contributed by atoms with Crippen LogP contribution in [0.2, 0.25) is 0 Å². The average molecular weight is 214 g/mol. The molecular formula is C14H14O2. The summed E-state index contributed by atoms with van der Waals surface area (Å²) in [6.07, 6.45) is 5.05. The molecule has 1 heterocycles. The van der Waals surface area contributed by atoms with Crippen molar-refractivity contribution in [2.75, 3.05) is 0 Å². The van der Waals surface area contributed by atoms with E-state index in [9.17, 15) is 4.79 Å². The Morgan fingerprint density at radius 3 is 2.56 bits per heavy atom. The summed E-state index contributed by atoms with van der Waals surface area (Å²) in [5.41, 5.74) is 1.76. The number of ether oxygens (including phenoxy) is 1. The lowest BCUT2D eigenvalue weighted by atomic mass is 10.0. The fourth-order valence-electron chi connectivity index (χ4n) is 3.88. The number of esters is 1. The molecule has 0 bridgehead atoms. The van der Waals surface area contributed by atoms with E-state index in [-0.39, 0.29) is 11.6 Å². The van der Waals surface area contributed by atoms with Gasteiger partial charge in [0.05, 0.1) is 5.56 Å². The molecule has 4 rings (SSSR count). The van der Waals surface area contributed by atoms with Crippen LogP contribution in [0.1, 0.15) is 41.6 Å². The molecule has 16 heavy (non-hydrogen) atoms. The van der Waals surface area contributed by atoms with Crippen LogP contribution in [-0.2, 0) is 10.3 Å². The summed E-state index contributed by atoms with van der Waals surface area (Å²) in [6.45, 7) is 0. The maximum Gasteiger partial charge on any atom is 0.339 e. The lowest BCUT2D eigenvalue weighted by Gasteiger charge is -2.10. The Hall–Kier alpha value is -1.31. The van der Waals surface area contributed by atoms with Crippen LogP contribution in [0.3, 0.4) is 0 Å². The standard InChI is InChI=1S/C14H14O2/c15-13-9-5-1-2-6-10(9)14(16-13)11-7-3-4-8-12(11)14/h1-2,5-6,11-12H,3-4,7-8H2. The Balaban J connectivity index is 1.86. The Labute approximate surface area is 94.6 Å². The molecule has 0 aromatic heterocycles. The molecule has 2 heteroatoms. The van der Waals surface area contributed by atoms with Crippen molar-refractivity contribution in [1.29, 1.82) is 0 Å². The minimum absolute atomic E-state index is 0.106. The molecule has 2 saturated carbocycles. The molecule has 2 aliphatic carbocycles. The van der Waals surface area contributed by atoms with Crippen LogP contribution in [0, 0.1) is 11.8 Å². The van der Waals surface area contributed by atoms with Crippen molar-refractivity contribution < 1.29 is 9.53 Å². The first-order valence-electron chi connectivity index (χ1n) is 6.17. The van der Waals surface area contributed by atoms with Crippen LogP contribution in [0.5, 0.6) is 0 Å². The highest BCUT2D eigenvalue weighted by molar-refractivity contribution is 5.95. The van der Waals surface area contributed by atoms with E-state index in [1.54, 1.807) is 0 Å². The smallest absolute Gasteiger partial charge is 0.339 e. The van der Waals surface area contributed by atoms with Gasteiger partial charge in [-0.25, -0.2) is 4.79 Å². The molecule has 0 amide bonds. The van der Waals surface area contributed by atoms with Gasteiger partial charge in [-0.1, -0.05) is 31.0 Å². The summed E-state index contributed by atoms with van der Waals surface area (Å²) in [5.74, 6) is 1.10. The summed E-state index contributed by atoms with van der Waals surface area (Å²) in [7, 11) is 0. The van der Waals surface area contributed by atoms with Gasteiger partial charge in [0.1, 0.15) is 5.60 Å². The minimum Gasteiger partial charge on any atom is -0.450 e. The van der Waals surface area contributed by atoms with Gasteiger partial charge < -0.3 is 4.74 Å². The molecule has 2 atom stereocenters. The van der Waals surface area contributed by atoms with Crippen molar-refractivity contribution >= 4 is 5.97 Å². The molecule has 1 spiro atoms. The number of fused-ring (bicyclic) bond motifs is 5. The van der Waals surface area contributed by atoms with Crippen molar-refractivity contribution in [2.24, 2.45) is 11.8 Å². The van der Waals surface area contributed by atoms with E-state index in [4.69, 9.17) is 4.74 Å². The molecule has 2 fully saturated rings. The minimum atomic E-state index is -0.204. The highest BCUT2D eigenvalue weighted by Gasteiger charge is 2.71. The number of benzene rings is 1. The number of hydrogen-bond donors (Lipinski definition) is 0. The average Bonchev–Trinajstić information content (AvgIpc) is 2.87. The maximum absolute atomic E-state index is 11.8. The number of carbonyl (C=O) groups is 1. The summed E-state index contributed by atoms with van der Waals surface area (Å²) in [4.78, 5) is 11.8. The van der Waals surface area contributed by atoms with Gasteiger partial charge in [0, 0.05) is 17.4 Å². The highest BCUT2D eigenvalue weighted by atomic mass is 16.6. The predicted octanol–water partition coefficient (Wildman–Crippen LogP) is 2.87. The largest absolute Gasteiger partial charge is 0.450 e. The Morgan fingerprint density at radius 2 is 1.81 bits per heavy atom.